The van der Waals surface area contributed by atoms with Crippen LogP contribution in [0.5, 0.6) is 23.1 Å². The molecule has 0 spiro atoms. The first-order chi connectivity index (χ1) is 17.0. The van der Waals surface area contributed by atoms with Crippen molar-refractivity contribution in [1.82, 2.24) is 13.3 Å². The minimum atomic E-state index is -1.47. The molecule has 0 bridgehead atoms. The number of methoxy groups -OCH3 is 1. The van der Waals surface area contributed by atoms with Gasteiger partial charge in [-0.1, -0.05) is 6.07 Å². The van der Waals surface area contributed by atoms with E-state index in [2.05, 4.69) is 8.75 Å². The predicted molar refractivity (Wildman–Crippen MR) is 132 cm³/mol. The molecule has 178 valence electrons. The third-order valence-corrected chi connectivity index (χ3v) is 6.17. The van der Waals surface area contributed by atoms with Crippen molar-refractivity contribution in [3.63, 3.8) is 0 Å². The summed E-state index contributed by atoms with van der Waals surface area (Å²) in [6.07, 6.45) is -1.47. The number of phenols is 1. The van der Waals surface area contributed by atoms with E-state index in [4.69, 9.17) is 14.2 Å². The topological polar surface area (TPSA) is 116 Å². The molecular formula is C25H21N3O6S. The van der Waals surface area contributed by atoms with E-state index in [1.165, 1.54) is 13.2 Å². The van der Waals surface area contributed by atoms with Gasteiger partial charge in [0.25, 0.3) is 0 Å². The van der Waals surface area contributed by atoms with Crippen molar-refractivity contribution >= 4 is 39.8 Å². The van der Waals surface area contributed by atoms with E-state index >= 15 is 0 Å². The number of rotatable bonds is 7. The maximum absolute atomic E-state index is 11.8. The Hall–Kier alpha value is -4.31. The molecule has 2 aromatic heterocycles. The van der Waals surface area contributed by atoms with E-state index in [9.17, 15) is 15.0 Å². The van der Waals surface area contributed by atoms with Crippen molar-refractivity contribution in [3.05, 3.63) is 60.2 Å². The maximum Gasteiger partial charge on any atom is 0.512 e. The monoisotopic (exact) mass is 491 g/mol. The maximum atomic E-state index is 11.8. The molecule has 5 aromatic rings. The summed E-state index contributed by atoms with van der Waals surface area (Å²) in [6, 6.07) is 16.0. The zero-order chi connectivity index (χ0) is 24.5. The number of carboxylic acid groups (broad SMARTS) is 1. The molecule has 9 nitrogen and oxygen atoms in total. The summed E-state index contributed by atoms with van der Waals surface area (Å²) < 4.78 is 26.6. The summed E-state index contributed by atoms with van der Waals surface area (Å²) in [5.74, 6) is 1.09. The van der Waals surface area contributed by atoms with E-state index in [-0.39, 0.29) is 11.6 Å². The Morgan fingerprint density at radius 3 is 2.57 bits per heavy atom. The summed E-state index contributed by atoms with van der Waals surface area (Å²) in [6.45, 7) is 2.65. The quantitative estimate of drug-likeness (QED) is 0.286. The van der Waals surface area contributed by atoms with E-state index in [1.54, 1.807) is 16.7 Å². The Kier molecular flexibility index (Phi) is 5.87. The lowest BCUT2D eigenvalue weighted by atomic mass is 10.0. The molecule has 0 unspecified atom stereocenters. The van der Waals surface area contributed by atoms with Crippen molar-refractivity contribution < 1.29 is 29.2 Å². The van der Waals surface area contributed by atoms with Gasteiger partial charge in [0.05, 0.1) is 43.1 Å². The summed E-state index contributed by atoms with van der Waals surface area (Å²) in [5.41, 5.74) is 3.99. The van der Waals surface area contributed by atoms with Crippen molar-refractivity contribution in [3.8, 4) is 34.3 Å². The smallest absolute Gasteiger partial charge is 0.507 e. The van der Waals surface area contributed by atoms with Crippen LogP contribution in [-0.2, 0) is 6.54 Å². The van der Waals surface area contributed by atoms with Crippen LogP contribution < -0.4 is 14.2 Å². The molecule has 0 radical (unpaired) electrons. The highest BCUT2D eigenvalue weighted by molar-refractivity contribution is 7.00. The van der Waals surface area contributed by atoms with Gasteiger partial charge >= 0.3 is 6.16 Å². The molecule has 2 N–H and O–H groups in total. The third kappa shape index (κ3) is 4.19. The number of aromatic nitrogens is 3. The van der Waals surface area contributed by atoms with Gasteiger partial charge in [-0.25, -0.2) is 4.79 Å². The Labute approximate surface area is 204 Å². The van der Waals surface area contributed by atoms with Gasteiger partial charge in [-0.15, -0.1) is 0 Å². The third-order valence-electron chi connectivity index (χ3n) is 5.62. The second-order valence-corrected chi connectivity index (χ2v) is 8.25. The van der Waals surface area contributed by atoms with Crippen molar-refractivity contribution in [2.24, 2.45) is 0 Å². The first-order valence-corrected chi connectivity index (χ1v) is 11.5. The molecule has 0 saturated heterocycles. The highest BCUT2D eigenvalue weighted by Gasteiger charge is 2.25. The number of fused-ring (bicyclic) bond motifs is 2. The average molecular weight is 492 g/mol. The van der Waals surface area contributed by atoms with Gasteiger partial charge in [-0.2, -0.15) is 8.75 Å². The van der Waals surface area contributed by atoms with Crippen LogP contribution in [-0.4, -0.2) is 43.4 Å². The molecular weight excluding hydrogens is 470 g/mol. The van der Waals surface area contributed by atoms with Crippen LogP contribution in [0.2, 0.25) is 0 Å². The van der Waals surface area contributed by atoms with Gasteiger partial charge in [0, 0.05) is 17.0 Å². The van der Waals surface area contributed by atoms with Crippen molar-refractivity contribution in [2.75, 3.05) is 13.7 Å². The van der Waals surface area contributed by atoms with Gasteiger partial charge in [-0.05, 0) is 55.0 Å². The fourth-order valence-corrected chi connectivity index (χ4v) is 4.65. The Bertz CT molecular complexity index is 1560. The Morgan fingerprint density at radius 2 is 1.83 bits per heavy atom. The Morgan fingerprint density at radius 1 is 1.03 bits per heavy atom. The molecule has 3 aromatic carbocycles. The normalized spacial score (nSPS) is 11.1. The average Bonchev–Trinajstić information content (AvgIpc) is 3.41. The highest BCUT2D eigenvalue weighted by atomic mass is 32.1. The van der Waals surface area contributed by atoms with Crippen molar-refractivity contribution in [1.29, 1.82) is 0 Å². The second-order valence-electron chi connectivity index (χ2n) is 7.72. The molecule has 0 saturated carbocycles. The van der Waals surface area contributed by atoms with Crippen LogP contribution in [0.3, 0.4) is 0 Å². The van der Waals surface area contributed by atoms with Gasteiger partial charge in [0.1, 0.15) is 28.3 Å². The largest absolute Gasteiger partial charge is 0.512 e. The van der Waals surface area contributed by atoms with Gasteiger partial charge < -0.3 is 29.0 Å². The second kappa shape index (κ2) is 9.15. The zero-order valence-electron chi connectivity index (χ0n) is 18.9. The van der Waals surface area contributed by atoms with Crippen molar-refractivity contribution in [2.45, 2.75) is 13.5 Å². The summed E-state index contributed by atoms with van der Waals surface area (Å²) in [5, 5.41) is 21.1. The lowest BCUT2D eigenvalue weighted by Crippen LogP contribution is -2.10. The number of aromatic hydroxyl groups is 1. The van der Waals surface area contributed by atoms with E-state index in [0.717, 1.165) is 28.3 Å². The minimum absolute atomic E-state index is 0.0737. The molecule has 0 atom stereocenters. The Balaban J connectivity index is 1.77. The number of hydrogen-bond acceptors (Lipinski definition) is 8. The number of benzene rings is 3. The minimum Gasteiger partial charge on any atom is -0.507 e. The summed E-state index contributed by atoms with van der Waals surface area (Å²) >= 11 is 1.13. The summed E-state index contributed by atoms with van der Waals surface area (Å²) in [4.78, 5) is 11.8. The first kappa shape index (κ1) is 22.5. The highest BCUT2D eigenvalue weighted by Crippen LogP contribution is 2.46. The zero-order valence-corrected chi connectivity index (χ0v) is 19.7. The molecule has 35 heavy (non-hydrogen) atoms. The number of phenolic OH excluding ortho intramolecular Hbond substituents is 1. The van der Waals surface area contributed by atoms with Crippen LogP contribution >= 0.6 is 11.7 Å². The standard InChI is InChI=1S/C25H21N3O6S/c1-3-33-16-6-9-21-18(11-16)23(17-7-5-15(32-2)12-22(17)29)24(34-25(30)31)28(21)13-14-4-8-19-20(10-14)27-35-26-19/h4-12,29H,3,13H2,1-2H3,(H,30,31). The molecule has 10 heteroatoms. The molecule has 0 fully saturated rings. The first-order valence-electron chi connectivity index (χ1n) is 10.8. The molecule has 5 rings (SSSR count). The van der Waals surface area contributed by atoms with Gasteiger partial charge in [-0.3, -0.25) is 0 Å². The predicted octanol–water partition coefficient (Wildman–Crippen LogP) is 5.53. The van der Waals surface area contributed by atoms with E-state index in [1.807, 2.05) is 43.3 Å². The van der Waals surface area contributed by atoms with Crippen LogP contribution in [0.4, 0.5) is 4.79 Å². The molecule has 2 heterocycles. The molecule has 0 aliphatic heterocycles. The molecule has 0 aliphatic rings. The van der Waals surface area contributed by atoms with Crippen LogP contribution in [0.25, 0.3) is 33.1 Å². The van der Waals surface area contributed by atoms with E-state index in [0.29, 0.717) is 46.7 Å². The van der Waals surface area contributed by atoms with Crippen LogP contribution in [0.15, 0.2) is 54.6 Å². The molecule has 0 aliphatic carbocycles. The van der Waals surface area contributed by atoms with E-state index < -0.39 is 6.16 Å². The van der Waals surface area contributed by atoms with Crippen LogP contribution in [0, 0.1) is 0 Å². The molecule has 0 amide bonds. The summed E-state index contributed by atoms with van der Waals surface area (Å²) in [7, 11) is 1.50. The van der Waals surface area contributed by atoms with Crippen LogP contribution in [0.1, 0.15) is 12.5 Å². The number of nitrogens with zero attached hydrogens (tertiary/aromatic N) is 3. The van der Waals surface area contributed by atoms with Gasteiger partial charge in [0.2, 0.25) is 5.88 Å². The number of ether oxygens (including phenoxy) is 3. The number of carbonyl (C=O) groups is 1. The lowest BCUT2D eigenvalue weighted by Gasteiger charge is -2.12. The fourth-order valence-electron chi connectivity index (χ4n) is 4.13. The SMILES string of the molecule is CCOc1ccc2c(c1)c(-c1ccc(OC)cc1O)c(OC(=O)O)n2Cc1ccc2nsnc2c1. The number of hydrogen-bond donors (Lipinski definition) is 2. The fraction of sp³-hybridized carbons (Fsp3) is 0.160. The van der Waals surface area contributed by atoms with Gasteiger partial charge in [0.15, 0.2) is 0 Å². The lowest BCUT2D eigenvalue weighted by molar-refractivity contribution is 0.141.